The third-order valence-corrected chi connectivity index (χ3v) is 4.18. The van der Waals surface area contributed by atoms with E-state index in [9.17, 15) is 9.59 Å². The molecule has 2 heterocycles. The molecule has 0 bridgehead atoms. The third-order valence-electron chi connectivity index (χ3n) is 4.18. The molecule has 5 heteroatoms. The van der Waals surface area contributed by atoms with E-state index in [-0.39, 0.29) is 23.9 Å². The van der Waals surface area contributed by atoms with Crippen molar-refractivity contribution < 1.29 is 9.53 Å². The predicted molar refractivity (Wildman–Crippen MR) is 87.5 cm³/mol. The summed E-state index contributed by atoms with van der Waals surface area (Å²) in [7, 11) is 0. The van der Waals surface area contributed by atoms with Gasteiger partial charge in [0.25, 0.3) is 5.56 Å². The quantitative estimate of drug-likeness (QED) is 0.909. The average molecular weight is 312 g/mol. The highest BCUT2D eigenvalue weighted by atomic mass is 16.5. The number of benzene rings is 1. The number of fused-ring (bicyclic) bond motifs is 1. The first-order chi connectivity index (χ1) is 11.0. The summed E-state index contributed by atoms with van der Waals surface area (Å²) in [5.74, 6) is 0.538. The van der Waals surface area contributed by atoms with Crippen molar-refractivity contribution in [3.05, 3.63) is 63.1 Å². The summed E-state index contributed by atoms with van der Waals surface area (Å²) in [6, 6.07) is 9.66. The van der Waals surface area contributed by atoms with Crippen molar-refractivity contribution in [2.45, 2.75) is 26.8 Å². The van der Waals surface area contributed by atoms with E-state index in [4.69, 9.17) is 4.74 Å². The molecule has 0 saturated carbocycles. The Bertz CT molecular complexity index is 795. The largest absolute Gasteiger partial charge is 0.492 e. The van der Waals surface area contributed by atoms with E-state index >= 15 is 0 Å². The molecule has 1 aromatic heterocycles. The zero-order valence-electron chi connectivity index (χ0n) is 13.3. The number of nitrogens with one attached hydrogen (secondary N) is 2. The lowest BCUT2D eigenvalue weighted by Crippen LogP contribution is -2.38. The minimum atomic E-state index is -0.227. The van der Waals surface area contributed by atoms with Crippen LogP contribution in [0.25, 0.3) is 0 Å². The van der Waals surface area contributed by atoms with Crippen LogP contribution in [0.15, 0.2) is 35.1 Å². The van der Waals surface area contributed by atoms with Crippen molar-refractivity contribution in [3.8, 4) is 5.75 Å². The predicted octanol–water partition coefficient (Wildman–Crippen LogP) is 1.86. The number of carbonyl (C=O) groups is 1. The highest BCUT2D eigenvalue weighted by Gasteiger charge is 2.25. The van der Waals surface area contributed by atoms with E-state index in [1.165, 1.54) is 0 Å². The Kier molecular flexibility index (Phi) is 4.19. The number of aryl methyl sites for hydroxylation is 2. The van der Waals surface area contributed by atoms with Gasteiger partial charge in [0, 0.05) is 17.8 Å². The van der Waals surface area contributed by atoms with Crippen LogP contribution in [0.5, 0.6) is 5.75 Å². The molecule has 1 atom stereocenters. The number of para-hydroxylation sites is 1. The SMILES string of the molecule is Cc1cc(C)c(CNC(=O)[C@@H]2COc3ccccc3C2)c(=O)[nH]1. The summed E-state index contributed by atoms with van der Waals surface area (Å²) in [5.41, 5.74) is 3.20. The molecule has 0 spiro atoms. The molecule has 0 radical (unpaired) electrons. The normalized spacial score (nSPS) is 16.3. The molecule has 1 aliphatic rings. The molecule has 23 heavy (non-hydrogen) atoms. The Morgan fingerprint density at radius 3 is 2.91 bits per heavy atom. The molecule has 0 aliphatic carbocycles. The van der Waals surface area contributed by atoms with Gasteiger partial charge in [-0.2, -0.15) is 0 Å². The summed E-state index contributed by atoms with van der Waals surface area (Å²) in [4.78, 5) is 27.1. The molecule has 3 rings (SSSR count). The minimum absolute atomic E-state index is 0.0844. The van der Waals surface area contributed by atoms with Crippen molar-refractivity contribution in [3.63, 3.8) is 0 Å². The molecule has 2 N–H and O–H groups in total. The molecule has 0 unspecified atom stereocenters. The van der Waals surface area contributed by atoms with E-state index in [1.54, 1.807) is 0 Å². The van der Waals surface area contributed by atoms with E-state index < -0.39 is 0 Å². The summed E-state index contributed by atoms with van der Waals surface area (Å²) in [5, 5.41) is 2.86. The summed E-state index contributed by atoms with van der Waals surface area (Å²) >= 11 is 0. The van der Waals surface area contributed by atoms with Gasteiger partial charge in [-0.3, -0.25) is 9.59 Å². The van der Waals surface area contributed by atoms with Gasteiger partial charge >= 0.3 is 0 Å². The second-order valence-electron chi connectivity index (χ2n) is 5.98. The molecular weight excluding hydrogens is 292 g/mol. The molecule has 5 nitrogen and oxygen atoms in total. The van der Waals surface area contributed by atoms with Crippen LogP contribution in [0, 0.1) is 19.8 Å². The summed E-state index contributed by atoms with van der Waals surface area (Å²) in [6.07, 6.45) is 0.658. The second kappa shape index (κ2) is 6.28. The number of ether oxygens (including phenoxy) is 1. The molecule has 0 saturated heterocycles. The molecule has 1 aliphatic heterocycles. The maximum atomic E-state index is 12.4. The van der Waals surface area contributed by atoms with Crippen molar-refractivity contribution in [2.75, 3.05) is 6.61 Å². The average Bonchev–Trinajstić information content (AvgIpc) is 2.53. The Morgan fingerprint density at radius 1 is 1.35 bits per heavy atom. The fourth-order valence-corrected chi connectivity index (χ4v) is 2.92. The number of carbonyl (C=O) groups excluding carboxylic acids is 1. The van der Waals surface area contributed by atoms with E-state index in [0.717, 1.165) is 22.6 Å². The van der Waals surface area contributed by atoms with Crippen LogP contribution >= 0.6 is 0 Å². The standard InChI is InChI=1S/C18H20N2O3/c1-11-7-12(2)20-18(22)15(11)9-19-17(21)14-8-13-5-3-4-6-16(13)23-10-14/h3-7,14H,8-10H2,1-2H3,(H,19,21)(H,20,22)/t14-/m0/s1. The Labute approximate surface area is 134 Å². The number of hydrogen-bond donors (Lipinski definition) is 2. The van der Waals surface area contributed by atoms with Crippen molar-refractivity contribution in [1.29, 1.82) is 0 Å². The van der Waals surface area contributed by atoms with Gasteiger partial charge in [0.05, 0.1) is 5.92 Å². The highest BCUT2D eigenvalue weighted by molar-refractivity contribution is 5.79. The molecular formula is C18H20N2O3. The zero-order chi connectivity index (χ0) is 16.4. The fourth-order valence-electron chi connectivity index (χ4n) is 2.92. The number of hydrogen-bond acceptors (Lipinski definition) is 3. The van der Waals surface area contributed by atoms with E-state index in [2.05, 4.69) is 10.3 Å². The number of amides is 1. The lowest BCUT2D eigenvalue weighted by Gasteiger charge is -2.24. The van der Waals surface area contributed by atoms with Crippen LogP contribution in [0.3, 0.4) is 0 Å². The van der Waals surface area contributed by atoms with E-state index in [0.29, 0.717) is 18.6 Å². The maximum Gasteiger partial charge on any atom is 0.253 e. The van der Waals surface area contributed by atoms with Gasteiger partial charge in [-0.1, -0.05) is 18.2 Å². The van der Waals surface area contributed by atoms with Crippen LogP contribution in [0.2, 0.25) is 0 Å². The fraction of sp³-hybridized carbons (Fsp3) is 0.333. The number of aromatic amines is 1. The highest BCUT2D eigenvalue weighted by Crippen LogP contribution is 2.26. The summed E-state index contributed by atoms with van der Waals surface area (Å²) in [6.45, 7) is 4.32. The van der Waals surface area contributed by atoms with Crippen LogP contribution in [0.4, 0.5) is 0 Å². The Hall–Kier alpha value is -2.56. The van der Waals surface area contributed by atoms with Crippen molar-refractivity contribution >= 4 is 5.91 Å². The van der Waals surface area contributed by atoms with Crippen LogP contribution in [-0.2, 0) is 17.8 Å². The van der Waals surface area contributed by atoms with Gasteiger partial charge in [-0.15, -0.1) is 0 Å². The Morgan fingerprint density at radius 2 is 2.13 bits per heavy atom. The first-order valence-electron chi connectivity index (χ1n) is 7.72. The molecule has 1 amide bonds. The van der Waals surface area contributed by atoms with Crippen molar-refractivity contribution in [2.24, 2.45) is 5.92 Å². The number of H-pyrrole nitrogens is 1. The van der Waals surface area contributed by atoms with Gasteiger partial charge in [-0.25, -0.2) is 0 Å². The van der Waals surface area contributed by atoms with Crippen LogP contribution < -0.4 is 15.6 Å². The first kappa shape index (κ1) is 15.3. The Balaban J connectivity index is 1.66. The van der Waals surface area contributed by atoms with Gasteiger partial charge < -0.3 is 15.0 Å². The van der Waals surface area contributed by atoms with Gasteiger partial charge in [-0.05, 0) is 43.5 Å². The molecule has 0 fully saturated rings. The van der Waals surface area contributed by atoms with Gasteiger partial charge in [0.15, 0.2) is 0 Å². The number of rotatable bonds is 3. The van der Waals surface area contributed by atoms with E-state index in [1.807, 2.05) is 44.2 Å². The zero-order valence-corrected chi connectivity index (χ0v) is 13.3. The maximum absolute atomic E-state index is 12.4. The van der Waals surface area contributed by atoms with Gasteiger partial charge in [0.1, 0.15) is 12.4 Å². The smallest absolute Gasteiger partial charge is 0.253 e. The lowest BCUT2D eigenvalue weighted by atomic mass is 9.96. The molecule has 1 aromatic carbocycles. The molecule has 2 aromatic rings. The van der Waals surface area contributed by atoms with Crippen molar-refractivity contribution in [1.82, 2.24) is 10.3 Å². The minimum Gasteiger partial charge on any atom is -0.492 e. The first-order valence-corrected chi connectivity index (χ1v) is 7.72. The second-order valence-corrected chi connectivity index (χ2v) is 5.98. The van der Waals surface area contributed by atoms with Crippen LogP contribution in [-0.4, -0.2) is 17.5 Å². The molecule has 120 valence electrons. The van der Waals surface area contributed by atoms with Crippen LogP contribution in [0.1, 0.15) is 22.4 Å². The summed E-state index contributed by atoms with van der Waals surface area (Å²) < 4.78 is 5.64. The monoisotopic (exact) mass is 312 g/mol. The lowest BCUT2D eigenvalue weighted by molar-refractivity contribution is -0.126. The topological polar surface area (TPSA) is 71.2 Å². The number of pyridine rings is 1. The number of aromatic nitrogens is 1. The van der Waals surface area contributed by atoms with Gasteiger partial charge in [0.2, 0.25) is 5.91 Å². The third kappa shape index (κ3) is 3.28.